The molecule has 0 unspecified atom stereocenters. The van der Waals surface area contributed by atoms with Crippen molar-refractivity contribution in [2.75, 3.05) is 13.7 Å². The van der Waals surface area contributed by atoms with Gasteiger partial charge in [0.1, 0.15) is 0 Å². The minimum Gasteiger partial charge on any atom is -0.393 e. The van der Waals surface area contributed by atoms with Crippen LogP contribution in [-0.2, 0) is 4.74 Å². The van der Waals surface area contributed by atoms with E-state index in [2.05, 4.69) is 34.6 Å². The molecule has 208 valence electrons. The van der Waals surface area contributed by atoms with Crippen molar-refractivity contribution in [3.05, 3.63) is 0 Å². The maximum atomic E-state index is 11.5. The normalized spacial score (nSPS) is 48.5. The molecule has 3 nitrogen and oxygen atoms in total. The van der Waals surface area contributed by atoms with E-state index >= 15 is 0 Å². The van der Waals surface area contributed by atoms with E-state index in [9.17, 15) is 10.2 Å². The van der Waals surface area contributed by atoms with Gasteiger partial charge in [0.25, 0.3) is 0 Å². The minimum absolute atomic E-state index is 0.125. The first-order valence-electron chi connectivity index (χ1n) is 15.8. The van der Waals surface area contributed by atoms with Gasteiger partial charge in [0.2, 0.25) is 0 Å². The Bertz CT molecular complexity index is 769. The van der Waals surface area contributed by atoms with Crippen molar-refractivity contribution in [1.29, 1.82) is 0 Å². The lowest BCUT2D eigenvalue weighted by atomic mass is 9.43. The van der Waals surface area contributed by atoms with E-state index in [0.29, 0.717) is 40.6 Å². The summed E-state index contributed by atoms with van der Waals surface area (Å²) in [6.07, 6.45) is 17.3. The lowest BCUT2D eigenvalue weighted by Crippen LogP contribution is -2.57. The number of hydrogen-bond acceptors (Lipinski definition) is 3. The SMILES string of the molecule is COC[C@]1(O)CC[C@@]2(C)[C@@H](CC[C@@H]3[C@@H]2CC[C@]2(C)[C@@H]([C@H](C)[C@@H](O)CC4CCC(C)(C)CC4)CC[C@@H]32)C1. The zero-order chi connectivity index (χ0) is 25.9. The molecule has 0 heterocycles. The molecule has 0 aliphatic heterocycles. The lowest BCUT2D eigenvalue weighted by molar-refractivity contribution is -0.164. The molecule has 0 radical (unpaired) electrons. The van der Waals surface area contributed by atoms with Crippen LogP contribution in [0.4, 0.5) is 0 Å². The smallest absolute Gasteiger partial charge is 0.0883 e. The summed E-state index contributed by atoms with van der Waals surface area (Å²) >= 11 is 0. The second-order valence-electron chi connectivity index (χ2n) is 16.0. The van der Waals surface area contributed by atoms with Gasteiger partial charge < -0.3 is 14.9 Å². The number of rotatable bonds is 6. The molecular formula is C33H58O3. The standard InChI is InChI=1S/C33H58O3/c1-22(29(34)19-23-11-14-30(2,3)15-12-23)26-9-10-27-25-8-7-24-20-33(35,21-36-6)18-17-31(24,4)28(25)13-16-32(26,27)5/h22-29,34-35H,7-21H2,1-6H3/t22-,24-,25-,26+,27-,28-,29-,31-,32+,33-/m0/s1. The Hall–Kier alpha value is -0.120. The van der Waals surface area contributed by atoms with Crippen molar-refractivity contribution in [3.8, 4) is 0 Å². The summed E-state index contributed by atoms with van der Waals surface area (Å²) in [4.78, 5) is 0. The Morgan fingerprint density at radius 1 is 0.806 bits per heavy atom. The predicted molar refractivity (Wildman–Crippen MR) is 148 cm³/mol. The van der Waals surface area contributed by atoms with E-state index in [-0.39, 0.29) is 6.10 Å². The predicted octanol–water partition coefficient (Wildman–Crippen LogP) is 7.63. The van der Waals surface area contributed by atoms with Gasteiger partial charge in [-0.05, 0) is 148 Å². The van der Waals surface area contributed by atoms with Crippen LogP contribution in [0, 0.1) is 57.7 Å². The van der Waals surface area contributed by atoms with Crippen LogP contribution in [0.15, 0.2) is 0 Å². The number of methoxy groups -OCH3 is 1. The Morgan fingerprint density at radius 3 is 2.19 bits per heavy atom. The van der Waals surface area contributed by atoms with E-state index in [4.69, 9.17) is 4.74 Å². The molecule has 36 heavy (non-hydrogen) atoms. The maximum absolute atomic E-state index is 11.5. The number of aliphatic hydroxyl groups excluding tert-OH is 1. The van der Waals surface area contributed by atoms with Crippen molar-refractivity contribution in [1.82, 2.24) is 0 Å². The number of fused-ring (bicyclic) bond motifs is 5. The molecule has 0 bridgehead atoms. The van der Waals surface area contributed by atoms with Crippen LogP contribution in [0.1, 0.15) is 125 Å². The maximum Gasteiger partial charge on any atom is 0.0883 e. The highest BCUT2D eigenvalue weighted by Crippen LogP contribution is 2.69. The van der Waals surface area contributed by atoms with Crippen molar-refractivity contribution in [3.63, 3.8) is 0 Å². The van der Waals surface area contributed by atoms with Gasteiger partial charge in [-0.25, -0.2) is 0 Å². The molecule has 0 spiro atoms. The fraction of sp³-hybridized carbons (Fsp3) is 1.00. The average Bonchev–Trinajstić information content (AvgIpc) is 3.18. The van der Waals surface area contributed by atoms with Crippen LogP contribution in [0.3, 0.4) is 0 Å². The third-order valence-corrected chi connectivity index (χ3v) is 13.6. The largest absolute Gasteiger partial charge is 0.393 e. The summed E-state index contributed by atoms with van der Waals surface area (Å²) in [7, 11) is 1.73. The van der Waals surface area contributed by atoms with Crippen LogP contribution >= 0.6 is 0 Å². The van der Waals surface area contributed by atoms with Crippen molar-refractivity contribution in [2.24, 2.45) is 57.7 Å². The lowest BCUT2D eigenvalue weighted by Gasteiger charge is -2.62. The van der Waals surface area contributed by atoms with Crippen LogP contribution in [-0.4, -0.2) is 35.6 Å². The minimum atomic E-state index is -0.604. The molecule has 0 aromatic carbocycles. The first-order valence-corrected chi connectivity index (χ1v) is 15.8. The number of aliphatic hydroxyl groups is 2. The summed E-state index contributed by atoms with van der Waals surface area (Å²) < 4.78 is 5.41. The van der Waals surface area contributed by atoms with Gasteiger partial charge in [-0.15, -0.1) is 0 Å². The fourth-order valence-electron chi connectivity index (χ4n) is 11.1. The third kappa shape index (κ3) is 4.74. The van der Waals surface area contributed by atoms with Crippen LogP contribution < -0.4 is 0 Å². The van der Waals surface area contributed by atoms with Crippen LogP contribution in [0.2, 0.25) is 0 Å². The van der Waals surface area contributed by atoms with Gasteiger partial charge >= 0.3 is 0 Å². The Balaban J connectivity index is 1.24. The van der Waals surface area contributed by atoms with Gasteiger partial charge in [0.15, 0.2) is 0 Å². The van der Waals surface area contributed by atoms with E-state index in [1.165, 1.54) is 70.6 Å². The molecule has 0 aromatic heterocycles. The summed E-state index contributed by atoms with van der Waals surface area (Å²) in [5.41, 5.74) is 0.703. The second kappa shape index (κ2) is 9.81. The van der Waals surface area contributed by atoms with Gasteiger partial charge in [0.05, 0.1) is 18.3 Å². The van der Waals surface area contributed by atoms with Gasteiger partial charge in [-0.1, -0.05) is 34.6 Å². The summed E-state index contributed by atoms with van der Waals surface area (Å²) in [5.74, 6) is 5.01. The first kappa shape index (κ1) is 27.4. The zero-order valence-corrected chi connectivity index (χ0v) is 24.5. The molecule has 2 N–H and O–H groups in total. The Morgan fingerprint density at radius 2 is 1.50 bits per heavy atom. The van der Waals surface area contributed by atoms with Crippen molar-refractivity contribution in [2.45, 2.75) is 136 Å². The molecule has 10 atom stereocenters. The molecule has 5 aliphatic carbocycles. The van der Waals surface area contributed by atoms with Gasteiger partial charge in [-0.2, -0.15) is 0 Å². The van der Waals surface area contributed by atoms with E-state index in [1.54, 1.807) is 7.11 Å². The number of hydrogen-bond donors (Lipinski definition) is 2. The fourth-order valence-corrected chi connectivity index (χ4v) is 11.1. The molecule has 5 saturated carbocycles. The molecule has 0 saturated heterocycles. The van der Waals surface area contributed by atoms with Gasteiger partial charge in [-0.3, -0.25) is 0 Å². The molecule has 0 amide bonds. The first-order chi connectivity index (χ1) is 16.9. The van der Waals surface area contributed by atoms with E-state index in [1.807, 2.05) is 0 Å². The quantitative estimate of drug-likeness (QED) is 0.392. The van der Waals surface area contributed by atoms with Crippen molar-refractivity contribution >= 4 is 0 Å². The molecule has 5 fully saturated rings. The third-order valence-electron chi connectivity index (χ3n) is 13.6. The van der Waals surface area contributed by atoms with E-state index in [0.717, 1.165) is 42.9 Å². The highest BCUT2D eigenvalue weighted by molar-refractivity contribution is 5.11. The van der Waals surface area contributed by atoms with Crippen molar-refractivity contribution < 1.29 is 14.9 Å². The monoisotopic (exact) mass is 502 g/mol. The Kier molecular flexibility index (Phi) is 7.48. The van der Waals surface area contributed by atoms with Gasteiger partial charge in [0, 0.05) is 7.11 Å². The molecule has 0 aromatic rings. The van der Waals surface area contributed by atoms with E-state index < -0.39 is 5.60 Å². The zero-order valence-electron chi connectivity index (χ0n) is 24.5. The molecule has 5 aliphatic rings. The summed E-state index contributed by atoms with van der Waals surface area (Å²) in [6, 6.07) is 0. The second-order valence-corrected chi connectivity index (χ2v) is 16.0. The highest BCUT2D eigenvalue weighted by atomic mass is 16.5. The molecular weight excluding hydrogens is 444 g/mol. The van der Waals surface area contributed by atoms with Crippen LogP contribution in [0.25, 0.3) is 0 Å². The van der Waals surface area contributed by atoms with Crippen LogP contribution in [0.5, 0.6) is 0 Å². The molecule has 3 heteroatoms. The molecule has 5 rings (SSSR count). The average molecular weight is 503 g/mol. The Labute approximate surface area is 222 Å². The highest BCUT2D eigenvalue weighted by Gasteiger charge is 2.62. The topological polar surface area (TPSA) is 49.7 Å². The summed E-state index contributed by atoms with van der Waals surface area (Å²) in [5, 5.41) is 22.6. The summed E-state index contributed by atoms with van der Waals surface area (Å²) in [6.45, 7) is 12.9. The number of ether oxygens (including phenoxy) is 1.